The monoisotopic (exact) mass is 264 g/mol. The van der Waals surface area contributed by atoms with Gasteiger partial charge in [0, 0.05) is 12.6 Å². The summed E-state index contributed by atoms with van der Waals surface area (Å²) in [4.78, 5) is 10.7. The number of nitrogens with two attached hydrogens (primary N) is 1. The highest BCUT2D eigenvalue weighted by Gasteiger charge is 2.20. The van der Waals surface area contributed by atoms with Gasteiger partial charge in [0.05, 0.1) is 20.1 Å². The fraction of sp³-hybridized carbons (Fsp3) is 0.500. The first-order valence-electron chi connectivity index (χ1n) is 6.50. The first-order chi connectivity index (χ1) is 9.19. The van der Waals surface area contributed by atoms with Crippen LogP contribution in [0, 0.1) is 0 Å². The molecule has 19 heavy (non-hydrogen) atoms. The van der Waals surface area contributed by atoms with Crippen molar-refractivity contribution in [3.05, 3.63) is 23.8 Å². The molecule has 0 spiro atoms. The molecular weight excluding hydrogens is 244 g/mol. The van der Waals surface area contributed by atoms with Gasteiger partial charge in [-0.3, -0.25) is 4.79 Å². The van der Waals surface area contributed by atoms with Crippen LogP contribution >= 0.6 is 0 Å². The van der Waals surface area contributed by atoms with Crippen molar-refractivity contribution in [1.29, 1.82) is 0 Å². The van der Waals surface area contributed by atoms with E-state index in [4.69, 9.17) is 15.2 Å². The van der Waals surface area contributed by atoms with Crippen molar-refractivity contribution in [2.75, 3.05) is 13.7 Å². The van der Waals surface area contributed by atoms with Crippen LogP contribution in [0.25, 0.3) is 0 Å². The molecule has 1 aliphatic carbocycles. The molecular formula is C14H20N2O3. The van der Waals surface area contributed by atoms with Crippen LogP contribution in [-0.2, 0) is 11.3 Å². The molecule has 2 rings (SSSR count). The lowest BCUT2D eigenvalue weighted by atomic mass is 10.2. The first-order valence-corrected chi connectivity index (χ1v) is 6.50. The minimum Gasteiger partial charge on any atom is -0.493 e. The summed E-state index contributed by atoms with van der Waals surface area (Å²) in [7, 11) is 1.60. The summed E-state index contributed by atoms with van der Waals surface area (Å²) in [5.41, 5.74) is 6.23. The second-order valence-electron chi connectivity index (χ2n) is 4.71. The van der Waals surface area contributed by atoms with Crippen LogP contribution in [0.1, 0.15) is 24.8 Å². The van der Waals surface area contributed by atoms with Crippen LogP contribution < -0.4 is 20.5 Å². The smallest absolute Gasteiger partial charge is 0.220 e. The molecule has 1 saturated carbocycles. The lowest BCUT2D eigenvalue weighted by molar-refractivity contribution is -0.118. The number of carbonyl (C=O) groups excluding carboxylic acids is 1. The van der Waals surface area contributed by atoms with Gasteiger partial charge in [0.2, 0.25) is 5.91 Å². The van der Waals surface area contributed by atoms with Gasteiger partial charge in [-0.25, -0.2) is 0 Å². The Hall–Kier alpha value is -1.75. The lowest BCUT2D eigenvalue weighted by Gasteiger charge is -2.12. The molecule has 0 radical (unpaired) electrons. The number of hydrogen-bond acceptors (Lipinski definition) is 4. The minimum atomic E-state index is -0.370. The van der Waals surface area contributed by atoms with E-state index in [1.807, 2.05) is 18.2 Å². The molecule has 1 aromatic rings. The maximum Gasteiger partial charge on any atom is 0.220 e. The average Bonchev–Trinajstić information content (AvgIpc) is 3.20. The fourth-order valence-corrected chi connectivity index (χ4v) is 1.76. The summed E-state index contributed by atoms with van der Waals surface area (Å²) < 4.78 is 10.8. The number of nitrogens with one attached hydrogen (secondary N) is 1. The molecule has 3 N–H and O–H groups in total. The zero-order chi connectivity index (χ0) is 13.7. The van der Waals surface area contributed by atoms with Gasteiger partial charge in [-0.15, -0.1) is 0 Å². The molecule has 104 valence electrons. The number of rotatable bonds is 8. The highest BCUT2D eigenvalue weighted by atomic mass is 16.5. The van der Waals surface area contributed by atoms with E-state index in [0.29, 0.717) is 17.5 Å². The molecule has 5 nitrogen and oxygen atoms in total. The number of primary amides is 1. The Morgan fingerprint density at radius 2 is 2.21 bits per heavy atom. The molecule has 5 heteroatoms. The maximum absolute atomic E-state index is 10.7. The van der Waals surface area contributed by atoms with E-state index >= 15 is 0 Å². The van der Waals surface area contributed by atoms with Gasteiger partial charge in [-0.05, 0) is 30.5 Å². The number of methoxy groups -OCH3 is 1. The first kappa shape index (κ1) is 13.7. The van der Waals surface area contributed by atoms with Crippen molar-refractivity contribution in [2.24, 2.45) is 5.73 Å². The highest BCUT2D eigenvalue weighted by molar-refractivity contribution is 5.73. The summed E-state index contributed by atoms with van der Waals surface area (Å²) in [6.45, 7) is 1.09. The molecule has 0 atom stereocenters. The Labute approximate surface area is 113 Å². The van der Waals surface area contributed by atoms with E-state index < -0.39 is 0 Å². The lowest BCUT2D eigenvalue weighted by Crippen LogP contribution is -2.16. The topological polar surface area (TPSA) is 73.6 Å². The molecule has 0 heterocycles. The third-order valence-corrected chi connectivity index (χ3v) is 3.01. The van der Waals surface area contributed by atoms with Crippen LogP contribution in [0.3, 0.4) is 0 Å². The number of benzene rings is 1. The van der Waals surface area contributed by atoms with E-state index in [-0.39, 0.29) is 18.9 Å². The third-order valence-electron chi connectivity index (χ3n) is 3.01. The normalized spacial score (nSPS) is 14.2. The predicted molar refractivity (Wildman–Crippen MR) is 72.2 cm³/mol. The summed E-state index contributed by atoms with van der Waals surface area (Å²) in [5.74, 6) is 0.948. The van der Waals surface area contributed by atoms with Gasteiger partial charge < -0.3 is 20.5 Å². The average molecular weight is 264 g/mol. The third kappa shape index (κ3) is 4.44. The van der Waals surface area contributed by atoms with Crippen LogP contribution in [0.2, 0.25) is 0 Å². The SMILES string of the molecule is COc1ccc(CNC2CC2)cc1OCCC(N)=O. The standard InChI is InChI=1S/C14H20N2O3/c1-18-12-5-2-10(9-16-11-3-4-11)8-13(12)19-7-6-14(15)17/h2,5,8,11,16H,3-4,6-7,9H2,1H3,(H2,15,17). The van der Waals surface area contributed by atoms with Crippen molar-refractivity contribution < 1.29 is 14.3 Å². The van der Waals surface area contributed by atoms with Gasteiger partial charge >= 0.3 is 0 Å². The van der Waals surface area contributed by atoms with Gasteiger partial charge in [-0.2, -0.15) is 0 Å². The van der Waals surface area contributed by atoms with E-state index in [1.165, 1.54) is 12.8 Å². The van der Waals surface area contributed by atoms with Gasteiger partial charge in [0.25, 0.3) is 0 Å². The second kappa shape index (κ2) is 6.43. The molecule has 1 fully saturated rings. The minimum absolute atomic E-state index is 0.202. The Morgan fingerprint density at radius 1 is 1.42 bits per heavy atom. The molecule has 1 aliphatic rings. The molecule has 1 amide bonds. The van der Waals surface area contributed by atoms with Crippen molar-refractivity contribution in [3.8, 4) is 11.5 Å². The maximum atomic E-state index is 10.7. The quantitative estimate of drug-likeness (QED) is 0.740. The Kier molecular flexibility index (Phi) is 4.63. The molecule has 0 saturated heterocycles. The molecule has 1 aromatic carbocycles. The molecule has 0 aliphatic heterocycles. The molecule has 0 unspecified atom stereocenters. The summed E-state index contributed by atoms with van der Waals surface area (Å²) in [5, 5.41) is 3.44. The van der Waals surface area contributed by atoms with Crippen molar-refractivity contribution in [1.82, 2.24) is 5.32 Å². The van der Waals surface area contributed by atoms with Crippen molar-refractivity contribution in [3.63, 3.8) is 0 Å². The Morgan fingerprint density at radius 3 is 2.84 bits per heavy atom. The molecule has 0 aromatic heterocycles. The number of ether oxygens (including phenoxy) is 2. The zero-order valence-electron chi connectivity index (χ0n) is 11.1. The summed E-state index contributed by atoms with van der Waals surface area (Å²) >= 11 is 0. The number of carbonyl (C=O) groups is 1. The van der Waals surface area contributed by atoms with Gasteiger partial charge in [-0.1, -0.05) is 6.07 Å². The van der Waals surface area contributed by atoms with E-state index in [9.17, 15) is 4.79 Å². The highest BCUT2D eigenvalue weighted by Crippen LogP contribution is 2.28. The van der Waals surface area contributed by atoms with Crippen LogP contribution in [0.5, 0.6) is 11.5 Å². The summed E-state index contributed by atoms with van der Waals surface area (Å²) in [6.07, 6.45) is 2.73. The Bertz CT molecular complexity index is 444. The number of hydrogen-bond donors (Lipinski definition) is 2. The second-order valence-corrected chi connectivity index (χ2v) is 4.71. The Balaban J connectivity index is 1.95. The summed E-state index contributed by atoms with van der Waals surface area (Å²) in [6, 6.07) is 6.50. The molecule has 0 bridgehead atoms. The zero-order valence-corrected chi connectivity index (χ0v) is 11.1. The van der Waals surface area contributed by atoms with Crippen molar-refractivity contribution >= 4 is 5.91 Å². The number of amides is 1. The predicted octanol–water partition coefficient (Wildman–Crippen LogP) is 1.20. The van der Waals surface area contributed by atoms with E-state index in [0.717, 1.165) is 12.1 Å². The van der Waals surface area contributed by atoms with Crippen LogP contribution in [0.15, 0.2) is 18.2 Å². The van der Waals surface area contributed by atoms with E-state index in [1.54, 1.807) is 7.11 Å². The van der Waals surface area contributed by atoms with Crippen molar-refractivity contribution in [2.45, 2.75) is 31.8 Å². The largest absolute Gasteiger partial charge is 0.493 e. The van der Waals surface area contributed by atoms with Crippen LogP contribution in [0.4, 0.5) is 0 Å². The van der Waals surface area contributed by atoms with Gasteiger partial charge in [0.15, 0.2) is 11.5 Å². The fourth-order valence-electron chi connectivity index (χ4n) is 1.76. The van der Waals surface area contributed by atoms with Gasteiger partial charge in [0.1, 0.15) is 0 Å². The van der Waals surface area contributed by atoms with Crippen LogP contribution in [-0.4, -0.2) is 25.7 Å². The van der Waals surface area contributed by atoms with E-state index in [2.05, 4.69) is 5.32 Å².